The van der Waals surface area contributed by atoms with Crippen LogP contribution >= 0.6 is 0 Å². The number of hydrogen-bond donors (Lipinski definition) is 0. The molecule has 0 heterocycles. The molecule has 0 N–H and O–H groups in total. The van der Waals surface area contributed by atoms with E-state index in [0.29, 0.717) is 5.57 Å². The van der Waals surface area contributed by atoms with Crippen molar-refractivity contribution in [2.75, 3.05) is 7.11 Å². The standard InChI is InChI=1S/C11H14O3/c1-14-11(13)9-6-10(12)8-5-3-2-4-7(8)9/h6-8H,2-5H2,1H3/t7-,8+/m1/s1. The van der Waals surface area contributed by atoms with Crippen molar-refractivity contribution in [2.45, 2.75) is 25.7 Å². The maximum absolute atomic E-state index is 11.6. The monoisotopic (exact) mass is 194 g/mol. The topological polar surface area (TPSA) is 43.4 Å². The van der Waals surface area contributed by atoms with Crippen molar-refractivity contribution in [2.24, 2.45) is 11.8 Å². The smallest absolute Gasteiger partial charge is 0.334 e. The summed E-state index contributed by atoms with van der Waals surface area (Å²) in [6.07, 6.45) is 5.60. The minimum Gasteiger partial charge on any atom is -0.466 e. The number of ketones is 1. The number of fused-ring (bicyclic) bond motifs is 1. The highest BCUT2D eigenvalue weighted by Crippen LogP contribution is 2.40. The van der Waals surface area contributed by atoms with Crippen molar-refractivity contribution in [1.29, 1.82) is 0 Å². The third-order valence-corrected chi connectivity index (χ3v) is 3.25. The predicted octanol–water partition coefficient (Wildman–Crippen LogP) is 1.47. The van der Waals surface area contributed by atoms with Crippen molar-refractivity contribution in [1.82, 2.24) is 0 Å². The quantitative estimate of drug-likeness (QED) is 0.594. The Hall–Kier alpha value is -1.12. The molecule has 2 aliphatic carbocycles. The molecule has 2 atom stereocenters. The Morgan fingerprint density at radius 2 is 2.00 bits per heavy atom. The van der Waals surface area contributed by atoms with Crippen LogP contribution in [0.2, 0.25) is 0 Å². The van der Waals surface area contributed by atoms with E-state index in [4.69, 9.17) is 0 Å². The Morgan fingerprint density at radius 3 is 2.64 bits per heavy atom. The van der Waals surface area contributed by atoms with Crippen molar-refractivity contribution in [3.05, 3.63) is 11.6 Å². The first-order chi connectivity index (χ1) is 6.74. The molecular formula is C11H14O3. The number of hydrogen-bond acceptors (Lipinski definition) is 3. The highest BCUT2D eigenvalue weighted by molar-refractivity contribution is 6.05. The number of allylic oxidation sites excluding steroid dienone is 1. The van der Waals surface area contributed by atoms with Crippen molar-refractivity contribution < 1.29 is 14.3 Å². The Morgan fingerprint density at radius 1 is 1.36 bits per heavy atom. The van der Waals surface area contributed by atoms with Gasteiger partial charge < -0.3 is 4.74 Å². The van der Waals surface area contributed by atoms with Gasteiger partial charge in [-0.25, -0.2) is 4.79 Å². The van der Waals surface area contributed by atoms with Crippen molar-refractivity contribution in [3.8, 4) is 0 Å². The minimum atomic E-state index is -0.326. The molecular weight excluding hydrogens is 180 g/mol. The van der Waals surface area contributed by atoms with Gasteiger partial charge in [0.05, 0.1) is 7.11 Å². The van der Waals surface area contributed by atoms with E-state index in [1.165, 1.54) is 13.2 Å². The van der Waals surface area contributed by atoms with Gasteiger partial charge in [0.2, 0.25) is 0 Å². The first kappa shape index (κ1) is 9.44. The van der Waals surface area contributed by atoms with E-state index in [1.54, 1.807) is 0 Å². The van der Waals surface area contributed by atoms with Gasteiger partial charge in [-0.05, 0) is 18.9 Å². The van der Waals surface area contributed by atoms with Crippen LogP contribution in [0.4, 0.5) is 0 Å². The Balaban J connectivity index is 2.22. The van der Waals surface area contributed by atoms with Crippen molar-refractivity contribution in [3.63, 3.8) is 0 Å². The lowest BCUT2D eigenvalue weighted by Crippen LogP contribution is -2.23. The molecule has 3 nitrogen and oxygen atoms in total. The van der Waals surface area contributed by atoms with Gasteiger partial charge in [-0.3, -0.25) is 4.79 Å². The zero-order chi connectivity index (χ0) is 10.1. The molecule has 14 heavy (non-hydrogen) atoms. The molecule has 1 fully saturated rings. The molecule has 0 spiro atoms. The lowest BCUT2D eigenvalue weighted by atomic mass is 9.78. The third-order valence-electron chi connectivity index (χ3n) is 3.25. The highest BCUT2D eigenvalue weighted by atomic mass is 16.5. The van der Waals surface area contributed by atoms with Crippen LogP contribution in [0.5, 0.6) is 0 Å². The normalized spacial score (nSPS) is 30.9. The highest BCUT2D eigenvalue weighted by Gasteiger charge is 2.40. The Bertz CT molecular complexity index is 304. The maximum Gasteiger partial charge on any atom is 0.334 e. The van der Waals surface area contributed by atoms with Gasteiger partial charge in [-0.1, -0.05) is 12.8 Å². The largest absolute Gasteiger partial charge is 0.466 e. The van der Waals surface area contributed by atoms with E-state index in [1.807, 2.05) is 0 Å². The van der Waals surface area contributed by atoms with Crippen LogP contribution in [-0.2, 0) is 14.3 Å². The van der Waals surface area contributed by atoms with Gasteiger partial charge >= 0.3 is 5.97 Å². The summed E-state index contributed by atoms with van der Waals surface area (Å²) in [4.78, 5) is 22.9. The van der Waals surface area contributed by atoms with Crippen molar-refractivity contribution >= 4 is 11.8 Å². The first-order valence-electron chi connectivity index (χ1n) is 5.08. The summed E-state index contributed by atoms with van der Waals surface area (Å²) in [5.41, 5.74) is 0.599. The molecule has 2 aliphatic rings. The van der Waals surface area contributed by atoms with E-state index in [0.717, 1.165) is 25.7 Å². The molecule has 3 heteroatoms. The number of ether oxygens (including phenoxy) is 1. The molecule has 0 radical (unpaired) electrons. The second kappa shape index (κ2) is 3.56. The van der Waals surface area contributed by atoms with Gasteiger partial charge in [-0.15, -0.1) is 0 Å². The van der Waals surface area contributed by atoms with E-state index >= 15 is 0 Å². The first-order valence-corrected chi connectivity index (χ1v) is 5.08. The van der Waals surface area contributed by atoms with Gasteiger partial charge in [0.1, 0.15) is 0 Å². The number of carbonyl (C=O) groups excluding carboxylic acids is 2. The SMILES string of the molecule is COC(=O)C1=CC(=O)[C@H]2CCCC[C@@H]12. The molecule has 0 bridgehead atoms. The fourth-order valence-corrected chi connectivity index (χ4v) is 2.54. The fourth-order valence-electron chi connectivity index (χ4n) is 2.54. The third kappa shape index (κ3) is 1.37. The number of esters is 1. The molecule has 0 aromatic heterocycles. The van der Waals surface area contributed by atoms with Gasteiger partial charge in [0, 0.05) is 17.4 Å². The maximum atomic E-state index is 11.6. The predicted molar refractivity (Wildman–Crippen MR) is 50.6 cm³/mol. The molecule has 0 saturated heterocycles. The zero-order valence-electron chi connectivity index (χ0n) is 8.29. The lowest BCUT2D eigenvalue weighted by Gasteiger charge is -2.25. The summed E-state index contributed by atoms with van der Waals surface area (Å²) >= 11 is 0. The molecule has 0 aromatic rings. The zero-order valence-corrected chi connectivity index (χ0v) is 8.29. The summed E-state index contributed by atoms with van der Waals surface area (Å²) in [5, 5.41) is 0. The number of rotatable bonds is 1. The second-order valence-corrected chi connectivity index (χ2v) is 3.99. The molecule has 0 aromatic carbocycles. The van der Waals surface area contributed by atoms with Gasteiger partial charge in [0.25, 0.3) is 0 Å². The summed E-state index contributed by atoms with van der Waals surface area (Å²) in [6, 6.07) is 0. The van der Waals surface area contributed by atoms with E-state index in [-0.39, 0.29) is 23.6 Å². The average molecular weight is 194 g/mol. The molecule has 0 unspecified atom stereocenters. The van der Waals surface area contributed by atoms with Gasteiger partial charge in [0.15, 0.2) is 5.78 Å². The Labute approximate surface area is 83.1 Å². The molecule has 0 aliphatic heterocycles. The number of methoxy groups -OCH3 is 1. The molecule has 0 amide bonds. The average Bonchev–Trinajstić information content (AvgIpc) is 2.56. The Kier molecular flexibility index (Phi) is 2.40. The van der Waals surface area contributed by atoms with E-state index < -0.39 is 0 Å². The summed E-state index contributed by atoms with van der Waals surface area (Å²) in [6.45, 7) is 0. The summed E-state index contributed by atoms with van der Waals surface area (Å²) in [7, 11) is 1.36. The van der Waals surface area contributed by atoms with Crippen LogP contribution in [0, 0.1) is 11.8 Å². The van der Waals surface area contributed by atoms with Crippen LogP contribution < -0.4 is 0 Å². The second-order valence-electron chi connectivity index (χ2n) is 3.99. The number of carbonyl (C=O) groups is 2. The van der Waals surface area contributed by atoms with Crippen LogP contribution in [0.25, 0.3) is 0 Å². The lowest BCUT2D eigenvalue weighted by molar-refractivity contribution is -0.136. The molecule has 2 rings (SSSR count). The summed E-state index contributed by atoms with van der Waals surface area (Å²) in [5.74, 6) is 0.00407. The molecule has 76 valence electrons. The van der Waals surface area contributed by atoms with E-state index in [9.17, 15) is 9.59 Å². The minimum absolute atomic E-state index is 0.0675. The molecule has 1 saturated carbocycles. The van der Waals surface area contributed by atoms with Crippen LogP contribution in [0.3, 0.4) is 0 Å². The van der Waals surface area contributed by atoms with Crippen LogP contribution in [0.15, 0.2) is 11.6 Å². The van der Waals surface area contributed by atoms with Crippen LogP contribution in [0.1, 0.15) is 25.7 Å². The fraction of sp³-hybridized carbons (Fsp3) is 0.636. The van der Waals surface area contributed by atoms with Gasteiger partial charge in [-0.2, -0.15) is 0 Å². The summed E-state index contributed by atoms with van der Waals surface area (Å²) < 4.78 is 4.67. The van der Waals surface area contributed by atoms with Crippen LogP contribution in [-0.4, -0.2) is 18.9 Å². The van der Waals surface area contributed by atoms with E-state index in [2.05, 4.69) is 4.74 Å².